The number of hydrogen-bond donors (Lipinski definition) is 0. The average Bonchev–Trinajstić information content (AvgIpc) is 1.72. The molecule has 19 rings (SSSR count). The number of aryl methyl sites for hydroxylation is 5. The smallest absolute Gasteiger partial charge is 0.292 e. The lowest BCUT2D eigenvalue weighted by Crippen LogP contribution is -2.49. The Kier molecular flexibility index (Phi) is 26.4. The van der Waals surface area contributed by atoms with Crippen molar-refractivity contribution in [3.63, 3.8) is 0 Å². The van der Waals surface area contributed by atoms with Gasteiger partial charge in [-0.05, 0) is 204 Å². The van der Waals surface area contributed by atoms with Gasteiger partial charge in [-0.1, -0.05) is 153 Å². The van der Waals surface area contributed by atoms with Crippen LogP contribution in [0.1, 0.15) is 141 Å². The van der Waals surface area contributed by atoms with E-state index in [0.717, 1.165) is 22.1 Å². The van der Waals surface area contributed by atoms with Crippen LogP contribution in [0.2, 0.25) is 0 Å². The molecule has 5 aliphatic heterocycles. The Bertz CT molecular complexity index is 5840. The molecule has 125 heavy (non-hydrogen) atoms. The molecule has 5 aromatic carbocycles. The van der Waals surface area contributed by atoms with Crippen LogP contribution in [0.3, 0.4) is 0 Å². The maximum atomic E-state index is 4.64. The van der Waals surface area contributed by atoms with Gasteiger partial charge in [-0.3, -0.25) is 9.97 Å². The highest BCUT2D eigenvalue weighted by Gasteiger charge is 2.42. The lowest BCUT2D eigenvalue weighted by molar-refractivity contribution is -0.647. The first kappa shape index (κ1) is 87.3. The second-order valence-electron chi connectivity index (χ2n) is 36.0. The van der Waals surface area contributed by atoms with Crippen molar-refractivity contribution in [1.29, 1.82) is 0 Å². The molecule has 0 bridgehead atoms. The summed E-state index contributed by atoms with van der Waals surface area (Å²) in [6.45, 7) is 28.9. The number of rotatable bonds is 12. The minimum Gasteiger partial charge on any atom is -0.339 e. The van der Waals surface area contributed by atoms with Gasteiger partial charge in [0, 0.05) is 139 Å². The number of nitrogens with zero attached hydrogens (tertiary/aromatic N) is 17. The molecule has 0 saturated heterocycles. The third kappa shape index (κ3) is 18.0. The number of anilines is 5. The molecule has 7 aliphatic rings. The van der Waals surface area contributed by atoms with Crippen LogP contribution in [0.4, 0.5) is 29.1 Å². The van der Waals surface area contributed by atoms with Gasteiger partial charge >= 0.3 is 0 Å². The highest BCUT2D eigenvalue weighted by Crippen LogP contribution is 2.39. The molecule has 0 N–H and O–H groups in total. The number of fused-ring (bicyclic) bond motifs is 2. The summed E-state index contributed by atoms with van der Waals surface area (Å²) in [6, 6.07) is 74.7. The second-order valence-corrected chi connectivity index (χ2v) is 36.0. The molecule has 0 radical (unpaired) electrons. The van der Waals surface area contributed by atoms with Crippen LogP contribution in [-0.4, -0.2) is 97.0 Å². The van der Waals surface area contributed by atoms with Crippen LogP contribution in [0.15, 0.2) is 287 Å². The van der Waals surface area contributed by atoms with E-state index < -0.39 is 0 Å². The van der Waals surface area contributed by atoms with Gasteiger partial charge in [0.15, 0.2) is 30.8 Å². The lowest BCUT2D eigenvalue weighted by atomic mass is 9.94. The largest absolute Gasteiger partial charge is 0.339 e. The number of benzene rings is 5. The molecule has 0 unspecified atom stereocenters. The van der Waals surface area contributed by atoms with Crippen molar-refractivity contribution in [2.45, 2.75) is 196 Å². The van der Waals surface area contributed by atoms with E-state index in [1.54, 1.807) is 0 Å². The summed E-state index contributed by atoms with van der Waals surface area (Å²) >= 11 is 0. The average molecular weight is 1670 g/mol. The highest BCUT2D eigenvalue weighted by molar-refractivity contribution is 5.93. The van der Waals surface area contributed by atoms with Crippen LogP contribution >= 0.6 is 0 Å². The van der Waals surface area contributed by atoms with Crippen molar-refractivity contribution in [2.75, 3.05) is 38.6 Å². The number of hydrogen-bond acceptors (Lipinski definition) is 12. The van der Waals surface area contributed by atoms with E-state index in [9.17, 15) is 0 Å². The van der Waals surface area contributed by atoms with Gasteiger partial charge in [0.05, 0.1) is 51.5 Å². The van der Waals surface area contributed by atoms with E-state index in [1.165, 1.54) is 171 Å². The SMILES string of the molecule is Cc1ccccc1-c1cc2cnccc2c(N2C=CN(C)[C@@H]2C)[n+]1C.Cc1ccccc1-c1cc2ncccc2c(N2C=CN(C)[C@@H]2C)[n+]1C.Cc1ccccc1-c1cccc(N2C=CN(C(C)(C)C)[C@@H]2C)[n+]1C.Cc1ccccc1-c1cccc(N2C=CN(C3CCCC3)[C@@H]2C)[n+]1C.Cc1ccccc1-c1cccc(N2C=CN(C3CCCCC3)[C@@H]2C)[n+]1C. The summed E-state index contributed by atoms with van der Waals surface area (Å²) in [5, 5.41) is 3.53. The zero-order valence-electron chi connectivity index (χ0n) is 77.6. The minimum atomic E-state index is 0.108. The van der Waals surface area contributed by atoms with Gasteiger partial charge in [0.25, 0.3) is 29.1 Å². The highest BCUT2D eigenvalue weighted by atomic mass is 15.5. The fourth-order valence-corrected chi connectivity index (χ4v) is 19.6. The Morgan fingerprint density at radius 2 is 0.680 bits per heavy atom. The van der Waals surface area contributed by atoms with E-state index in [0.29, 0.717) is 30.6 Å². The van der Waals surface area contributed by atoms with E-state index in [1.807, 2.05) is 24.7 Å². The summed E-state index contributed by atoms with van der Waals surface area (Å²) in [7, 11) is 15.0. The van der Waals surface area contributed by atoms with Crippen molar-refractivity contribution < 1.29 is 22.8 Å². The topological polar surface area (TPSA) is 77.6 Å². The van der Waals surface area contributed by atoms with Crippen LogP contribution in [0, 0.1) is 34.6 Å². The number of pyridine rings is 7. The molecule has 17 nitrogen and oxygen atoms in total. The van der Waals surface area contributed by atoms with Gasteiger partial charge in [-0.2, -0.15) is 0 Å². The number of aromatic nitrogens is 7. The molecule has 0 amide bonds. The van der Waals surface area contributed by atoms with Gasteiger partial charge in [-0.25, -0.2) is 47.3 Å². The van der Waals surface area contributed by atoms with Crippen LogP contribution < -0.4 is 47.3 Å². The van der Waals surface area contributed by atoms with Crippen molar-refractivity contribution >= 4 is 50.8 Å². The fourth-order valence-electron chi connectivity index (χ4n) is 19.6. The monoisotopic (exact) mass is 1670 g/mol. The fraction of sp³-hybridized carbons (Fsp3) is 0.343. The van der Waals surface area contributed by atoms with E-state index in [2.05, 4.69) is 483 Å². The van der Waals surface area contributed by atoms with Crippen molar-refractivity contribution in [2.24, 2.45) is 35.2 Å². The van der Waals surface area contributed by atoms with Gasteiger partial charge in [-0.15, -0.1) is 0 Å². The first-order chi connectivity index (χ1) is 60.3. The molecule has 5 atom stereocenters. The first-order valence-electron chi connectivity index (χ1n) is 45.2. The molecule has 644 valence electrons. The minimum absolute atomic E-state index is 0.108. The first-order valence-corrected chi connectivity index (χ1v) is 45.2. The summed E-state index contributed by atoms with van der Waals surface area (Å²) < 4.78 is 11.5. The summed E-state index contributed by atoms with van der Waals surface area (Å²) in [5.74, 6) is 6.03. The van der Waals surface area contributed by atoms with Crippen molar-refractivity contribution in [3.8, 4) is 56.3 Å². The van der Waals surface area contributed by atoms with Gasteiger partial charge in [0.2, 0.25) is 0 Å². The molecular weight excluding hydrogens is 1540 g/mol. The lowest BCUT2D eigenvalue weighted by Gasteiger charge is -2.35. The quantitative estimate of drug-likeness (QED) is 0.109. The molecule has 12 heterocycles. The van der Waals surface area contributed by atoms with E-state index in [-0.39, 0.29) is 17.9 Å². The molecule has 12 aromatic rings. The zero-order valence-corrected chi connectivity index (χ0v) is 77.6. The summed E-state index contributed by atoms with van der Waals surface area (Å²) in [4.78, 5) is 32.7. The Hall–Kier alpha value is -12.6. The molecule has 2 fully saturated rings. The molecule has 7 aromatic heterocycles. The predicted octanol–water partition coefficient (Wildman–Crippen LogP) is 20.6. The summed E-state index contributed by atoms with van der Waals surface area (Å²) in [5.41, 5.74) is 20.1. The van der Waals surface area contributed by atoms with E-state index in [4.69, 9.17) is 0 Å². The maximum absolute atomic E-state index is 4.64. The molecule has 2 aliphatic carbocycles. The Labute approximate surface area is 744 Å². The maximum Gasteiger partial charge on any atom is 0.292 e. The Balaban J connectivity index is 0.000000121. The van der Waals surface area contributed by atoms with Crippen molar-refractivity contribution in [1.82, 2.24) is 34.5 Å². The Morgan fingerprint density at radius 3 is 1.06 bits per heavy atom. The normalized spacial score (nSPS) is 18.6. The molecular formula is C108H132N17+5. The van der Waals surface area contributed by atoms with Crippen LogP contribution in [-0.2, 0) is 35.2 Å². The van der Waals surface area contributed by atoms with Crippen LogP contribution in [0.25, 0.3) is 78.0 Å². The third-order valence-corrected chi connectivity index (χ3v) is 27.2. The van der Waals surface area contributed by atoms with Gasteiger partial charge in [0.1, 0.15) is 59.5 Å². The van der Waals surface area contributed by atoms with Crippen LogP contribution in [0.5, 0.6) is 0 Å². The standard InChI is InChI=1S/C23H30N3.C22H28N3.2C21H23N4.C21H28N3/c1-18-10-7-8-13-21(18)22-14-9-15-23(24(22)3)26-17-16-25(19(26)2)20-11-5-4-6-12-20;1-17-9-4-7-12-20(17)21-13-8-14-22(23(21)3)25-16-15-24(18(25)2)19-10-5-6-11-19;1-15-8-5-6-9-17(15)20-14-19-18(10-7-11-22-19)21(24(20)4)25-13-12-23(3)16(25)2;1-15-7-5-6-8-18(15)20-13-17-14-22-10-9-19(17)21(24(20)4)25-12-11-23(3)16(25)2;1-16-10-7-8-11-18(16)19-12-9-13-20(22(19)6)23-14-15-24(17(23)2)21(3,4)5/h7-10,13-17,19-20H,4-6,11-12H2,1-3H3;4,7-9,12-16,18-19H,5-6,10-11H2,1-3H3;2*5-14,16H,1-4H3;7-15,17H,1-6H3/q5*+1/t19-;18-;2*16-;17-/m00001/s1. The second kappa shape index (κ2) is 37.8. The van der Waals surface area contributed by atoms with Crippen molar-refractivity contribution in [3.05, 3.63) is 315 Å². The molecule has 2 saturated carbocycles. The zero-order chi connectivity index (χ0) is 88.1. The van der Waals surface area contributed by atoms with E-state index >= 15 is 0 Å². The third-order valence-electron chi connectivity index (χ3n) is 27.2. The Morgan fingerprint density at radius 1 is 0.320 bits per heavy atom. The molecule has 0 spiro atoms. The predicted molar refractivity (Wildman–Crippen MR) is 515 cm³/mol. The summed E-state index contributed by atoms with van der Waals surface area (Å²) in [6.07, 6.45) is 41.5. The van der Waals surface area contributed by atoms with Gasteiger partial charge < -0.3 is 24.5 Å². The molecule has 17 heteroatoms.